The van der Waals surface area contributed by atoms with Crippen LogP contribution in [0.1, 0.15) is 233 Å². The van der Waals surface area contributed by atoms with Gasteiger partial charge in [0.1, 0.15) is 0 Å². The minimum atomic E-state index is -1.02. The van der Waals surface area contributed by atoms with E-state index in [0.29, 0.717) is 84.8 Å². The highest BCUT2D eigenvalue weighted by atomic mass is 35.5. The van der Waals surface area contributed by atoms with Gasteiger partial charge in [0, 0.05) is 132 Å². The van der Waals surface area contributed by atoms with Gasteiger partial charge in [0.05, 0.1) is 11.3 Å². The van der Waals surface area contributed by atoms with Crippen LogP contribution >= 0.6 is 162 Å². The molecule has 1 aliphatic heterocycles. The van der Waals surface area contributed by atoms with E-state index >= 15 is 0 Å². The zero-order valence-corrected chi connectivity index (χ0v) is 72.5. The van der Waals surface area contributed by atoms with E-state index in [4.69, 9.17) is 173 Å². The van der Waals surface area contributed by atoms with Crippen LogP contribution in [0.3, 0.4) is 0 Å². The molecule has 3 amide bonds. The van der Waals surface area contributed by atoms with Crippen molar-refractivity contribution in [3.05, 3.63) is 241 Å². The number of amides is 3. The van der Waals surface area contributed by atoms with E-state index in [0.717, 1.165) is 108 Å². The number of hydrogen-bond donors (Lipinski definition) is 4. The number of carboxylic acid groups (broad SMARTS) is 1. The number of anilines is 1. The van der Waals surface area contributed by atoms with E-state index in [1.165, 1.54) is 24.6 Å². The average Bonchev–Trinajstić information content (AvgIpc) is 1.65. The fraction of sp³-hybridized carbons (Fsp3) is 0.362. The highest BCUT2D eigenvalue weighted by molar-refractivity contribution is 6.40. The Hall–Kier alpha value is -4.61. The molecule has 25 heteroatoms. The van der Waals surface area contributed by atoms with Crippen LogP contribution in [-0.4, -0.2) is 82.0 Å². The molecule has 0 unspecified atom stereocenters. The van der Waals surface area contributed by atoms with Crippen molar-refractivity contribution in [3.63, 3.8) is 0 Å². The minimum Gasteiger partial charge on any atom is -0.478 e. The molecule has 0 saturated carbocycles. The van der Waals surface area contributed by atoms with Crippen molar-refractivity contribution in [2.45, 2.75) is 159 Å². The number of primary amides is 1. The third-order valence-corrected chi connectivity index (χ3v) is 20.4. The number of aryl methyl sites for hydroxylation is 1. The second-order valence-electron chi connectivity index (χ2n) is 26.7. The number of aromatic nitrogens is 2. The van der Waals surface area contributed by atoms with E-state index in [1.54, 1.807) is 48.7 Å². The highest BCUT2D eigenvalue weighted by Gasteiger charge is 2.24. The summed E-state index contributed by atoms with van der Waals surface area (Å²) in [4.78, 5) is 49.0. The molecule has 570 valence electrons. The van der Waals surface area contributed by atoms with Gasteiger partial charge < -0.3 is 26.0 Å². The minimum absolute atomic E-state index is 0.0113. The molecule has 0 spiro atoms. The Labute approximate surface area is 690 Å². The smallest absolute Gasteiger partial charge is 0.335 e. The van der Waals surface area contributed by atoms with E-state index in [2.05, 4.69) is 82.5 Å². The van der Waals surface area contributed by atoms with E-state index in [9.17, 15) is 19.2 Å². The van der Waals surface area contributed by atoms with Gasteiger partial charge >= 0.3 is 5.97 Å². The molecule has 9 rings (SSSR count). The van der Waals surface area contributed by atoms with E-state index < -0.39 is 11.9 Å². The van der Waals surface area contributed by atoms with Crippen molar-refractivity contribution in [3.8, 4) is 11.3 Å². The first-order chi connectivity index (χ1) is 48.9. The summed E-state index contributed by atoms with van der Waals surface area (Å²) in [5.74, 6) is 0.263. The number of nitrogens with two attached hydrogens (primary N) is 1. The molecule has 1 aromatic heterocycles. The van der Waals surface area contributed by atoms with Crippen molar-refractivity contribution < 1.29 is 24.3 Å². The Morgan fingerprint density at radius 1 is 0.476 bits per heavy atom. The molecule has 5 N–H and O–H groups in total. The maximum absolute atomic E-state index is 12.5. The molecule has 0 radical (unpaired) electrons. The van der Waals surface area contributed by atoms with E-state index in [1.807, 2.05) is 103 Å². The number of carboxylic acids is 1. The zero-order chi connectivity index (χ0) is 79.9. The molecular formula is C80H92Cl14N6O5. The molecule has 0 atom stereocenters. The lowest BCUT2D eigenvalue weighted by Crippen LogP contribution is -2.47. The number of aromatic amines is 1. The Bertz CT molecular complexity index is 4050. The lowest BCUT2D eigenvalue weighted by molar-refractivity contribution is -0.114. The van der Waals surface area contributed by atoms with Crippen molar-refractivity contribution in [2.24, 2.45) is 5.73 Å². The fourth-order valence-corrected chi connectivity index (χ4v) is 17.3. The third kappa shape index (κ3) is 29.0. The largest absolute Gasteiger partial charge is 0.478 e. The number of nitrogens with one attached hydrogen (secondary N) is 2. The maximum atomic E-state index is 12.5. The van der Waals surface area contributed by atoms with Crippen molar-refractivity contribution >= 4 is 198 Å². The summed E-state index contributed by atoms with van der Waals surface area (Å²) in [6.45, 7) is 39.0. The second kappa shape index (κ2) is 44.9. The van der Waals surface area contributed by atoms with Crippen LogP contribution in [-0.2, 0) is 11.2 Å². The van der Waals surface area contributed by atoms with Gasteiger partial charge in [0.2, 0.25) is 11.8 Å². The summed E-state index contributed by atoms with van der Waals surface area (Å²) in [7, 11) is 2.06. The van der Waals surface area contributed by atoms with Gasteiger partial charge in [-0.1, -0.05) is 279 Å². The van der Waals surface area contributed by atoms with Gasteiger partial charge in [0.25, 0.3) is 5.91 Å². The quantitative estimate of drug-likeness (QED) is 0.0842. The Kier molecular flexibility index (Phi) is 40.4. The lowest BCUT2D eigenvalue weighted by Gasteiger charge is -2.32. The number of aromatic carboxylic acids is 1. The van der Waals surface area contributed by atoms with Crippen molar-refractivity contribution in [1.29, 1.82) is 0 Å². The number of halogens is 14. The number of H-pyrrole nitrogens is 1. The topological polar surface area (TPSA) is 162 Å². The number of piperazine rings is 1. The molecule has 1 fully saturated rings. The molecule has 0 aliphatic carbocycles. The fourth-order valence-electron chi connectivity index (χ4n) is 10.8. The van der Waals surface area contributed by atoms with E-state index in [-0.39, 0.29) is 41.0 Å². The predicted molar refractivity (Wildman–Crippen MR) is 454 cm³/mol. The zero-order valence-electron chi connectivity index (χ0n) is 61.9. The summed E-state index contributed by atoms with van der Waals surface area (Å²) in [5, 5.41) is 26.7. The number of hydrogen-bond acceptors (Lipinski definition) is 6. The second-order valence-corrected chi connectivity index (χ2v) is 32.4. The van der Waals surface area contributed by atoms with Gasteiger partial charge in [-0.3, -0.25) is 19.5 Å². The molecule has 1 aliphatic rings. The highest BCUT2D eigenvalue weighted by Crippen LogP contribution is 2.40. The standard InChI is InChI=1S/C15H20Cl2N2O.C12H12Cl2N2.C11H13Cl2NO.C11H14Cl2.C11H12Cl2.C10H11Cl2NO.C10H10Cl2O2/c1-10(2)14-12(16)8-11(9-13(14)17)15(20)19-6-4-18(3)5-7-19;1-7(2)12-9(13)5-8(6-10(12)14)11-3-4-15-16-11;1-6(2)11-9(12)4-8(5-10(11)13)14-7(3)15;2*1-4-8-5-9(12)11(7(2)3)10(13)6-8;2*1-5(2)9-7(11)3-6(10(13)14)4-8(9)12/h8-10H,4-7H2,1-3H3;3-7H,1-2H3,(H,15,16);4-6H,1-3H3,(H,14,15);5-7H,4H2,1-3H3;4-7H,1H2,2-3H3;3-5H,1-2H3,(H2,13,14);3-5H,1-2H3,(H,13,14). The van der Waals surface area contributed by atoms with Gasteiger partial charge in [-0.05, 0) is 196 Å². The maximum Gasteiger partial charge on any atom is 0.335 e. The van der Waals surface area contributed by atoms with Gasteiger partial charge in [0.15, 0.2) is 0 Å². The Morgan fingerprint density at radius 3 is 1.05 bits per heavy atom. The first-order valence-electron chi connectivity index (χ1n) is 33.7. The van der Waals surface area contributed by atoms with Crippen molar-refractivity contribution in [2.75, 3.05) is 38.5 Å². The van der Waals surface area contributed by atoms with Crippen LogP contribution < -0.4 is 11.1 Å². The number of nitrogens with zero attached hydrogens (tertiary/aromatic N) is 3. The summed E-state index contributed by atoms with van der Waals surface area (Å²) >= 11 is 85.4. The Balaban J connectivity index is 0.000000320. The van der Waals surface area contributed by atoms with Crippen LogP contribution in [0.25, 0.3) is 17.3 Å². The molecule has 2 heterocycles. The summed E-state index contributed by atoms with van der Waals surface area (Å²) in [5.41, 5.74) is 17.3. The van der Waals surface area contributed by atoms with Crippen LogP contribution in [0.2, 0.25) is 70.3 Å². The van der Waals surface area contributed by atoms with Crippen LogP contribution in [0, 0.1) is 0 Å². The van der Waals surface area contributed by atoms with Crippen LogP contribution in [0.4, 0.5) is 5.69 Å². The molecule has 105 heavy (non-hydrogen) atoms. The number of likely N-dealkylation sites (N-methyl/N-ethyl adjacent to an activating group) is 1. The molecule has 8 aromatic rings. The molecule has 7 aromatic carbocycles. The number of carbonyl (C=O) groups is 4. The predicted octanol–water partition coefficient (Wildman–Crippen LogP) is 28.6. The summed E-state index contributed by atoms with van der Waals surface area (Å²) < 4.78 is 0. The molecule has 11 nitrogen and oxygen atoms in total. The summed E-state index contributed by atoms with van der Waals surface area (Å²) in [6, 6.07) is 26.3. The average molecular weight is 1710 g/mol. The third-order valence-electron chi connectivity index (χ3n) is 16.0. The number of carbonyl (C=O) groups excluding carboxylic acids is 3. The lowest BCUT2D eigenvalue weighted by atomic mass is 10.0. The molecular weight excluding hydrogens is 1620 g/mol. The number of benzene rings is 7. The normalized spacial score (nSPS) is 11.9. The van der Waals surface area contributed by atoms with Gasteiger partial charge in [-0.15, -0.1) is 0 Å². The molecule has 0 bridgehead atoms. The van der Waals surface area contributed by atoms with Crippen molar-refractivity contribution in [1.82, 2.24) is 20.0 Å². The molecule has 1 saturated heterocycles. The SMILES string of the molecule is C=Cc1cc(Cl)c(C(C)C)c(Cl)c1.CC(=O)Nc1cc(Cl)c(C(C)C)c(Cl)c1.CC(C)c1c(Cl)cc(-c2ccn[nH]2)cc1Cl.CC(C)c1c(Cl)cc(C(=O)N2CCN(C)CC2)cc1Cl.CC(C)c1c(Cl)cc(C(=O)O)cc1Cl.CC(C)c1c(Cl)cc(C(N)=O)cc1Cl.CCc1cc(Cl)c(C(C)C)c(Cl)c1. The monoisotopic (exact) mass is 1710 g/mol. The summed E-state index contributed by atoms with van der Waals surface area (Å²) in [6.07, 6.45) is 4.41. The first-order valence-corrected chi connectivity index (χ1v) is 39.0. The number of rotatable bonds is 14. The van der Waals surface area contributed by atoms with Gasteiger partial charge in [-0.25, -0.2) is 4.79 Å². The van der Waals surface area contributed by atoms with Gasteiger partial charge in [-0.2, -0.15) is 5.10 Å². The van der Waals surface area contributed by atoms with Crippen LogP contribution in [0.5, 0.6) is 0 Å². The first kappa shape index (κ1) is 94.6. The van der Waals surface area contributed by atoms with Crippen LogP contribution in [0.15, 0.2) is 104 Å². The Morgan fingerprint density at radius 2 is 0.771 bits per heavy atom.